The Hall–Kier alpha value is -3.95. The van der Waals surface area contributed by atoms with E-state index in [1.54, 1.807) is 15.6 Å². The highest BCUT2D eigenvalue weighted by molar-refractivity contribution is 5.92. The average molecular weight is 405 g/mol. The molecule has 0 spiro atoms. The number of carbonyl (C=O) groups is 1. The summed E-state index contributed by atoms with van der Waals surface area (Å²) in [5, 5.41) is 10.4. The topological polar surface area (TPSA) is 129 Å². The van der Waals surface area contributed by atoms with Crippen molar-refractivity contribution in [1.29, 1.82) is 0 Å². The van der Waals surface area contributed by atoms with E-state index < -0.39 is 0 Å². The number of hydrogen-bond donors (Lipinski definition) is 3. The van der Waals surface area contributed by atoms with Crippen molar-refractivity contribution in [2.45, 2.75) is 33.9 Å². The molecular weight excluding hydrogens is 382 g/mol. The number of imidazole rings is 1. The molecule has 0 saturated carbocycles. The molecule has 4 rings (SSSR count). The van der Waals surface area contributed by atoms with Crippen LogP contribution in [0, 0.1) is 13.8 Å². The zero-order valence-electron chi connectivity index (χ0n) is 17.0. The number of nitrogens with zero attached hydrogens (tertiary/aromatic N) is 6. The molecule has 1 amide bonds. The Morgan fingerprint density at radius 1 is 1.17 bits per heavy atom. The number of nitrogens with two attached hydrogens (primary N) is 1. The third-order valence-corrected chi connectivity index (χ3v) is 4.58. The van der Waals surface area contributed by atoms with Gasteiger partial charge in [-0.3, -0.25) is 4.79 Å². The Balaban J connectivity index is 1.58. The highest BCUT2D eigenvalue weighted by Crippen LogP contribution is 2.24. The van der Waals surface area contributed by atoms with E-state index in [1.165, 1.54) is 0 Å². The van der Waals surface area contributed by atoms with Crippen LogP contribution >= 0.6 is 0 Å². The largest absolute Gasteiger partial charge is 0.368 e. The molecule has 0 fully saturated rings. The van der Waals surface area contributed by atoms with Crippen molar-refractivity contribution in [3.8, 4) is 0 Å². The van der Waals surface area contributed by atoms with Gasteiger partial charge < -0.3 is 20.9 Å². The second-order valence-corrected chi connectivity index (χ2v) is 7.00. The van der Waals surface area contributed by atoms with E-state index in [4.69, 9.17) is 5.73 Å². The number of nitrogens with one attached hydrogen (secondary N) is 2. The summed E-state index contributed by atoms with van der Waals surface area (Å²) in [4.78, 5) is 25.5. The van der Waals surface area contributed by atoms with Gasteiger partial charge in [-0.2, -0.15) is 15.1 Å². The molecule has 0 bridgehead atoms. The van der Waals surface area contributed by atoms with E-state index in [1.807, 2.05) is 51.1 Å². The molecular formula is C20H23N9O. The first kappa shape index (κ1) is 19.4. The van der Waals surface area contributed by atoms with E-state index >= 15 is 0 Å². The van der Waals surface area contributed by atoms with Crippen LogP contribution in [0.15, 0.2) is 36.7 Å². The Kier molecular flexibility index (Phi) is 5.05. The van der Waals surface area contributed by atoms with Gasteiger partial charge >= 0.3 is 0 Å². The number of aromatic nitrogens is 6. The second-order valence-electron chi connectivity index (χ2n) is 7.00. The number of amides is 1. The number of carbonyl (C=O) groups excluding carboxylic acids is 1. The lowest BCUT2D eigenvalue weighted by molar-refractivity contribution is -0.116. The summed E-state index contributed by atoms with van der Waals surface area (Å²) in [5.74, 6) is 1.02. The van der Waals surface area contributed by atoms with Gasteiger partial charge in [0.15, 0.2) is 17.0 Å². The monoisotopic (exact) mass is 405 g/mol. The summed E-state index contributed by atoms with van der Waals surface area (Å²) >= 11 is 0. The van der Waals surface area contributed by atoms with Gasteiger partial charge in [0.1, 0.15) is 12.4 Å². The van der Waals surface area contributed by atoms with Crippen LogP contribution in [0.4, 0.5) is 23.3 Å². The summed E-state index contributed by atoms with van der Waals surface area (Å²) in [6.45, 7) is 6.56. The molecule has 0 radical (unpaired) electrons. The third kappa shape index (κ3) is 3.93. The molecule has 3 aromatic heterocycles. The molecule has 0 aliphatic carbocycles. The van der Waals surface area contributed by atoms with Gasteiger partial charge in [-0.1, -0.05) is 17.7 Å². The molecule has 10 heteroatoms. The summed E-state index contributed by atoms with van der Waals surface area (Å²) in [6.07, 6.45) is 1.56. The number of fused-ring (bicyclic) bond motifs is 1. The van der Waals surface area contributed by atoms with E-state index in [0.29, 0.717) is 29.3 Å². The maximum Gasteiger partial charge on any atom is 0.245 e. The van der Waals surface area contributed by atoms with Crippen molar-refractivity contribution in [2.24, 2.45) is 0 Å². The quantitative estimate of drug-likeness (QED) is 0.450. The standard InChI is InChI=1S/C20H23N9O/c1-4-29-15(9-13(3)27-29)24-16(30)10-28-11-22-17-18(25-20(21)26-19(17)28)23-14-7-5-12(2)6-8-14/h5-9,11H,4,10H2,1-3H3,(H,24,30)(H3,21,23,25,26). The zero-order valence-corrected chi connectivity index (χ0v) is 17.0. The highest BCUT2D eigenvalue weighted by Gasteiger charge is 2.15. The molecule has 0 aliphatic rings. The van der Waals surface area contributed by atoms with Crippen LogP contribution in [0.5, 0.6) is 0 Å². The zero-order chi connectivity index (χ0) is 21.3. The predicted octanol–water partition coefficient (Wildman–Crippen LogP) is 2.62. The summed E-state index contributed by atoms with van der Waals surface area (Å²) in [7, 11) is 0. The van der Waals surface area contributed by atoms with E-state index in [9.17, 15) is 4.79 Å². The van der Waals surface area contributed by atoms with Crippen LogP contribution in [0.2, 0.25) is 0 Å². The number of benzene rings is 1. The smallest absolute Gasteiger partial charge is 0.245 e. The van der Waals surface area contributed by atoms with Crippen LogP contribution < -0.4 is 16.4 Å². The predicted molar refractivity (Wildman–Crippen MR) is 115 cm³/mol. The molecule has 0 aliphatic heterocycles. The van der Waals surface area contributed by atoms with E-state index in [-0.39, 0.29) is 18.4 Å². The molecule has 0 unspecified atom stereocenters. The number of aryl methyl sites for hydroxylation is 3. The van der Waals surface area contributed by atoms with Crippen molar-refractivity contribution in [3.63, 3.8) is 0 Å². The van der Waals surface area contributed by atoms with Crippen LogP contribution in [0.1, 0.15) is 18.2 Å². The maximum atomic E-state index is 12.6. The van der Waals surface area contributed by atoms with Crippen molar-refractivity contribution in [3.05, 3.63) is 47.9 Å². The lowest BCUT2D eigenvalue weighted by Gasteiger charge is -2.09. The SMILES string of the molecule is CCn1nc(C)cc1NC(=O)Cn1cnc2c(Nc3ccc(C)cc3)nc(N)nc21. The Morgan fingerprint density at radius 2 is 1.93 bits per heavy atom. The first-order chi connectivity index (χ1) is 14.4. The van der Waals surface area contributed by atoms with Crippen LogP contribution in [-0.4, -0.2) is 35.2 Å². The summed E-state index contributed by atoms with van der Waals surface area (Å²) < 4.78 is 3.38. The van der Waals surface area contributed by atoms with Gasteiger partial charge in [-0.15, -0.1) is 0 Å². The van der Waals surface area contributed by atoms with Crippen molar-refractivity contribution < 1.29 is 4.79 Å². The fourth-order valence-corrected chi connectivity index (χ4v) is 3.16. The minimum atomic E-state index is -0.214. The van der Waals surface area contributed by atoms with Crippen LogP contribution in [-0.2, 0) is 17.9 Å². The van der Waals surface area contributed by atoms with Crippen molar-refractivity contribution in [2.75, 3.05) is 16.4 Å². The normalized spacial score (nSPS) is 11.0. The summed E-state index contributed by atoms with van der Waals surface area (Å²) in [6, 6.07) is 9.72. The molecule has 154 valence electrons. The number of anilines is 4. The molecule has 10 nitrogen and oxygen atoms in total. The minimum absolute atomic E-state index is 0.0326. The summed E-state index contributed by atoms with van der Waals surface area (Å²) in [5.41, 5.74) is 9.78. The van der Waals surface area contributed by atoms with Crippen molar-refractivity contribution in [1.82, 2.24) is 29.3 Å². The molecule has 1 aromatic carbocycles. The van der Waals surface area contributed by atoms with Gasteiger partial charge in [0.2, 0.25) is 11.9 Å². The van der Waals surface area contributed by atoms with Crippen LogP contribution in [0.25, 0.3) is 11.2 Å². The highest BCUT2D eigenvalue weighted by atomic mass is 16.2. The van der Waals surface area contributed by atoms with Crippen LogP contribution in [0.3, 0.4) is 0 Å². The molecule has 4 N–H and O–H groups in total. The van der Waals surface area contributed by atoms with Gasteiger partial charge in [-0.25, -0.2) is 9.67 Å². The lowest BCUT2D eigenvalue weighted by atomic mass is 10.2. The number of hydrogen-bond acceptors (Lipinski definition) is 7. The third-order valence-electron chi connectivity index (χ3n) is 4.58. The van der Waals surface area contributed by atoms with Gasteiger partial charge in [0, 0.05) is 18.3 Å². The first-order valence-corrected chi connectivity index (χ1v) is 9.59. The van der Waals surface area contributed by atoms with Gasteiger partial charge in [-0.05, 0) is 32.9 Å². The van der Waals surface area contributed by atoms with E-state index in [0.717, 1.165) is 16.9 Å². The van der Waals surface area contributed by atoms with Crippen molar-refractivity contribution >= 4 is 40.3 Å². The molecule has 30 heavy (non-hydrogen) atoms. The van der Waals surface area contributed by atoms with Gasteiger partial charge in [0.05, 0.1) is 12.0 Å². The molecule has 4 aromatic rings. The van der Waals surface area contributed by atoms with E-state index in [2.05, 4.69) is 30.7 Å². The second kappa shape index (κ2) is 7.82. The minimum Gasteiger partial charge on any atom is -0.368 e. The lowest BCUT2D eigenvalue weighted by Crippen LogP contribution is -2.20. The average Bonchev–Trinajstić information content (AvgIpc) is 3.26. The Bertz CT molecular complexity index is 1210. The Morgan fingerprint density at radius 3 is 2.67 bits per heavy atom. The molecule has 3 heterocycles. The molecule has 0 saturated heterocycles. The fourth-order valence-electron chi connectivity index (χ4n) is 3.16. The number of rotatable bonds is 6. The Labute approximate surface area is 173 Å². The first-order valence-electron chi connectivity index (χ1n) is 9.59. The fraction of sp³-hybridized carbons (Fsp3) is 0.250. The van der Waals surface area contributed by atoms with Gasteiger partial charge in [0.25, 0.3) is 0 Å². The molecule has 0 atom stereocenters. The maximum absolute atomic E-state index is 12.6. The number of nitrogen functional groups attached to an aromatic ring is 1.